The molecule has 0 saturated carbocycles. The summed E-state index contributed by atoms with van der Waals surface area (Å²) in [6.07, 6.45) is 0. The third kappa shape index (κ3) is 4.71. The molecule has 0 fully saturated rings. The van der Waals surface area contributed by atoms with Crippen LogP contribution in [0.1, 0.15) is 17.3 Å². The number of hydrogen-bond acceptors (Lipinski definition) is 5. The summed E-state index contributed by atoms with van der Waals surface area (Å²) in [7, 11) is -1.88. The van der Waals surface area contributed by atoms with Crippen molar-refractivity contribution < 1.29 is 17.9 Å². The second-order valence-corrected chi connectivity index (χ2v) is 5.96. The molecule has 0 bridgehead atoms. The molecule has 8 heteroatoms. The van der Waals surface area contributed by atoms with Crippen molar-refractivity contribution in [2.45, 2.75) is 6.92 Å². The first-order chi connectivity index (χ1) is 9.39. The summed E-state index contributed by atoms with van der Waals surface area (Å²) in [4.78, 5) is 11.8. The molecule has 112 valence electrons. The Kier molecular flexibility index (Phi) is 5.78. The quantitative estimate of drug-likeness (QED) is 0.611. The second-order valence-electron chi connectivity index (χ2n) is 4.03. The summed E-state index contributed by atoms with van der Waals surface area (Å²) < 4.78 is 30.2. The van der Waals surface area contributed by atoms with Crippen molar-refractivity contribution in [3.63, 3.8) is 0 Å². The number of anilines is 1. The van der Waals surface area contributed by atoms with Gasteiger partial charge in [0, 0.05) is 18.7 Å². The highest BCUT2D eigenvalue weighted by Gasteiger charge is 2.11. The van der Waals surface area contributed by atoms with Gasteiger partial charge in [0.25, 0.3) is 5.91 Å². The first-order valence-electron chi connectivity index (χ1n) is 6.08. The van der Waals surface area contributed by atoms with E-state index in [1.54, 1.807) is 19.1 Å². The van der Waals surface area contributed by atoms with Crippen LogP contribution in [0.5, 0.6) is 5.75 Å². The van der Waals surface area contributed by atoms with Crippen LogP contribution >= 0.6 is 0 Å². The minimum atomic E-state index is -3.34. The predicted molar refractivity (Wildman–Crippen MR) is 77.2 cm³/mol. The van der Waals surface area contributed by atoms with Crippen molar-refractivity contribution in [2.24, 2.45) is 0 Å². The number of hydrogen-bond donors (Lipinski definition) is 3. The van der Waals surface area contributed by atoms with Gasteiger partial charge in [0.1, 0.15) is 5.75 Å². The van der Waals surface area contributed by atoms with E-state index in [-0.39, 0.29) is 18.2 Å². The molecule has 0 unspecified atom stereocenters. The number of sulfonamides is 1. The maximum atomic E-state index is 11.8. The molecule has 20 heavy (non-hydrogen) atoms. The number of nitrogen functional groups attached to an aromatic ring is 1. The van der Waals surface area contributed by atoms with E-state index in [2.05, 4.69) is 10.0 Å². The fourth-order valence-corrected chi connectivity index (χ4v) is 2.50. The zero-order valence-corrected chi connectivity index (χ0v) is 12.3. The maximum absolute atomic E-state index is 11.8. The standard InChI is InChI=1S/C12H19N3O4S/c1-3-15-20(17,18)7-6-14-12(16)9-4-5-10(13)11(8-9)19-2/h4-5,8,15H,3,6-7,13H2,1-2H3,(H,14,16). The van der Waals surface area contributed by atoms with E-state index < -0.39 is 10.0 Å². The lowest BCUT2D eigenvalue weighted by molar-refractivity contribution is 0.0956. The minimum Gasteiger partial charge on any atom is -0.495 e. The maximum Gasteiger partial charge on any atom is 0.251 e. The van der Waals surface area contributed by atoms with Crippen LogP contribution in [0, 0.1) is 0 Å². The van der Waals surface area contributed by atoms with Crippen molar-refractivity contribution in [1.82, 2.24) is 10.0 Å². The molecular weight excluding hydrogens is 282 g/mol. The minimum absolute atomic E-state index is 0.0286. The smallest absolute Gasteiger partial charge is 0.251 e. The Balaban J connectivity index is 2.60. The Hall–Kier alpha value is -1.80. The van der Waals surface area contributed by atoms with E-state index in [9.17, 15) is 13.2 Å². The summed E-state index contributed by atoms with van der Waals surface area (Å²) >= 11 is 0. The van der Waals surface area contributed by atoms with Gasteiger partial charge in [-0.1, -0.05) is 6.92 Å². The Morgan fingerprint density at radius 1 is 1.40 bits per heavy atom. The topological polar surface area (TPSA) is 111 Å². The van der Waals surface area contributed by atoms with Crippen molar-refractivity contribution in [3.8, 4) is 5.75 Å². The third-order valence-corrected chi connectivity index (χ3v) is 3.99. The van der Waals surface area contributed by atoms with E-state index in [1.807, 2.05) is 0 Å². The number of ether oxygens (including phenoxy) is 1. The van der Waals surface area contributed by atoms with Crippen LogP contribution in [-0.4, -0.2) is 40.3 Å². The lowest BCUT2D eigenvalue weighted by atomic mass is 10.2. The Bertz CT molecular complexity index is 572. The largest absolute Gasteiger partial charge is 0.495 e. The SMILES string of the molecule is CCNS(=O)(=O)CCNC(=O)c1ccc(N)c(OC)c1. The number of amides is 1. The highest BCUT2D eigenvalue weighted by molar-refractivity contribution is 7.89. The average molecular weight is 301 g/mol. The third-order valence-electron chi connectivity index (χ3n) is 2.52. The number of nitrogens with two attached hydrogens (primary N) is 1. The normalized spacial score (nSPS) is 11.1. The zero-order valence-electron chi connectivity index (χ0n) is 11.5. The van der Waals surface area contributed by atoms with Crippen LogP contribution in [-0.2, 0) is 10.0 Å². The molecule has 0 aliphatic heterocycles. The van der Waals surface area contributed by atoms with Gasteiger partial charge in [0.15, 0.2) is 0 Å². The second kappa shape index (κ2) is 7.11. The molecule has 0 atom stereocenters. The number of carbonyl (C=O) groups excluding carboxylic acids is 1. The molecule has 1 aromatic carbocycles. The Labute approximate surface area is 118 Å². The molecule has 1 amide bonds. The predicted octanol–water partition coefficient (Wildman–Crippen LogP) is -0.0535. The van der Waals surface area contributed by atoms with E-state index >= 15 is 0 Å². The van der Waals surface area contributed by atoms with Gasteiger partial charge in [0.2, 0.25) is 10.0 Å². The van der Waals surface area contributed by atoms with Crippen LogP contribution in [0.25, 0.3) is 0 Å². The molecule has 1 rings (SSSR count). The molecule has 0 saturated heterocycles. The van der Waals surface area contributed by atoms with Crippen molar-refractivity contribution in [2.75, 3.05) is 31.7 Å². The van der Waals surface area contributed by atoms with Gasteiger partial charge in [-0.2, -0.15) is 0 Å². The van der Waals surface area contributed by atoms with Gasteiger partial charge in [0.05, 0.1) is 18.6 Å². The number of benzene rings is 1. The molecule has 7 nitrogen and oxygen atoms in total. The van der Waals surface area contributed by atoms with Gasteiger partial charge >= 0.3 is 0 Å². The van der Waals surface area contributed by atoms with Gasteiger partial charge < -0.3 is 15.8 Å². The summed E-state index contributed by atoms with van der Waals surface area (Å²) in [5, 5.41) is 2.53. The van der Waals surface area contributed by atoms with Gasteiger partial charge in [-0.15, -0.1) is 0 Å². The number of carbonyl (C=O) groups is 1. The molecule has 1 aromatic rings. The monoisotopic (exact) mass is 301 g/mol. The highest BCUT2D eigenvalue weighted by atomic mass is 32.2. The summed E-state index contributed by atoms with van der Waals surface area (Å²) in [5.41, 5.74) is 6.43. The first kappa shape index (κ1) is 16.3. The van der Waals surface area contributed by atoms with Crippen molar-refractivity contribution in [3.05, 3.63) is 23.8 Å². The van der Waals surface area contributed by atoms with E-state index in [0.717, 1.165) is 0 Å². The number of nitrogens with one attached hydrogen (secondary N) is 2. The molecule has 0 spiro atoms. The van der Waals surface area contributed by atoms with Crippen LogP contribution in [0.2, 0.25) is 0 Å². The van der Waals surface area contributed by atoms with Crippen molar-refractivity contribution >= 4 is 21.6 Å². The van der Waals surface area contributed by atoms with Gasteiger partial charge in [-0.3, -0.25) is 4.79 Å². The molecule has 0 aromatic heterocycles. The van der Waals surface area contributed by atoms with Crippen LogP contribution in [0.15, 0.2) is 18.2 Å². The van der Waals surface area contributed by atoms with Crippen LogP contribution < -0.4 is 20.5 Å². The lowest BCUT2D eigenvalue weighted by Gasteiger charge is -2.09. The highest BCUT2D eigenvalue weighted by Crippen LogP contribution is 2.21. The fraction of sp³-hybridized carbons (Fsp3) is 0.417. The first-order valence-corrected chi connectivity index (χ1v) is 7.74. The van der Waals surface area contributed by atoms with Crippen molar-refractivity contribution in [1.29, 1.82) is 0 Å². The van der Waals surface area contributed by atoms with Crippen LogP contribution in [0.4, 0.5) is 5.69 Å². The average Bonchev–Trinajstić information content (AvgIpc) is 2.38. The van der Waals surface area contributed by atoms with E-state index in [0.29, 0.717) is 23.5 Å². The van der Waals surface area contributed by atoms with Gasteiger partial charge in [-0.05, 0) is 18.2 Å². The zero-order chi connectivity index (χ0) is 15.2. The molecule has 0 radical (unpaired) electrons. The number of rotatable bonds is 7. The molecular formula is C12H19N3O4S. The Morgan fingerprint density at radius 3 is 2.70 bits per heavy atom. The van der Waals surface area contributed by atoms with E-state index in [1.165, 1.54) is 13.2 Å². The molecule has 0 aliphatic rings. The number of methoxy groups -OCH3 is 1. The van der Waals surface area contributed by atoms with Gasteiger partial charge in [-0.25, -0.2) is 13.1 Å². The van der Waals surface area contributed by atoms with E-state index in [4.69, 9.17) is 10.5 Å². The fourth-order valence-electron chi connectivity index (χ4n) is 1.55. The lowest BCUT2D eigenvalue weighted by Crippen LogP contribution is -2.34. The van der Waals surface area contributed by atoms with Crippen LogP contribution in [0.3, 0.4) is 0 Å². The molecule has 0 heterocycles. The summed E-state index contributed by atoms with van der Waals surface area (Å²) in [5.74, 6) is -0.147. The summed E-state index contributed by atoms with van der Waals surface area (Å²) in [6, 6.07) is 4.61. The molecule has 0 aliphatic carbocycles. The molecule has 4 N–H and O–H groups in total. The summed E-state index contributed by atoms with van der Waals surface area (Å²) in [6.45, 7) is 2.04. The Morgan fingerprint density at radius 2 is 2.10 bits per heavy atom.